The molecule has 0 aliphatic carbocycles. The highest BCUT2D eigenvalue weighted by Gasteiger charge is 2.24. The molecule has 0 atom stereocenters. The highest BCUT2D eigenvalue weighted by Crippen LogP contribution is 2.22. The van der Waals surface area contributed by atoms with E-state index in [-0.39, 0.29) is 10.8 Å². The zero-order chi connectivity index (χ0) is 10.8. The molecule has 1 fully saturated rings. The molecule has 2 heterocycles. The number of thiophene rings is 1. The fraction of sp³-hybridized carbons (Fsp3) is 0.500. The van der Waals surface area contributed by atoms with Gasteiger partial charge in [0.1, 0.15) is 10.7 Å². The summed E-state index contributed by atoms with van der Waals surface area (Å²) in [6.45, 7) is 1.43. The van der Waals surface area contributed by atoms with Gasteiger partial charge in [-0.1, -0.05) is 15.9 Å². The van der Waals surface area contributed by atoms with E-state index in [1.165, 1.54) is 17.4 Å². The number of hydrogen-bond acceptors (Lipinski definition) is 2. The molecule has 5 heteroatoms. The van der Waals surface area contributed by atoms with E-state index in [4.69, 9.17) is 0 Å². The molecule has 1 saturated heterocycles. The van der Waals surface area contributed by atoms with Gasteiger partial charge in [0.15, 0.2) is 0 Å². The van der Waals surface area contributed by atoms with E-state index in [9.17, 15) is 9.18 Å². The van der Waals surface area contributed by atoms with Crippen molar-refractivity contribution in [2.45, 2.75) is 17.7 Å². The average molecular weight is 292 g/mol. The molecule has 1 aromatic heterocycles. The molecule has 82 valence electrons. The molecule has 1 aliphatic rings. The van der Waals surface area contributed by atoms with Crippen LogP contribution >= 0.6 is 27.3 Å². The Balaban J connectivity index is 2.06. The van der Waals surface area contributed by atoms with Crippen molar-refractivity contribution in [1.29, 1.82) is 0 Å². The van der Waals surface area contributed by atoms with Crippen molar-refractivity contribution in [2.24, 2.45) is 0 Å². The topological polar surface area (TPSA) is 20.3 Å². The van der Waals surface area contributed by atoms with Gasteiger partial charge in [-0.2, -0.15) is 0 Å². The second-order valence-electron chi connectivity index (χ2n) is 3.56. The summed E-state index contributed by atoms with van der Waals surface area (Å²) in [6.07, 6.45) is 1.89. The Morgan fingerprint density at radius 2 is 2.20 bits per heavy atom. The predicted molar refractivity (Wildman–Crippen MR) is 62.1 cm³/mol. The zero-order valence-corrected chi connectivity index (χ0v) is 10.5. The highest BCUT2D eigenvalue weighted by atomic mass is 79.9. The van der Waals surface area contributed by atoms with Gasteiger partial charge in [0.25, 0.3) is 5.91 Å². The first-order valence-electron chi connectivity index (χ1n) is 4.85. The lowest BCUT2D eigenvalue weighted by Gasteiger charge is -2.29. The van der Waals surface area contributed by atoms with Crippen LogP contribution in [0, 0.1) is 5.82 Å². The zero-order valence-electron chi connectivity index (χ0n) is 8.08. The Kier molecular flexibility index (Phi) is 3.41. The third-order valence-electron chi connectivity index (χ3n) is 2.52. The van der Waals surface area contributed by atoms with Crippen molar-refractivity contribution in [3.63, 3.8) is 0 Å². The van der Waals surface area contributed by atoms with E-state index >= 15 is 0 Å². The van der Waals surface area contributed by atoms with E-state index in [0.717, 1.165) is 12.8 Å². The van der Waals surface area contributed by atoms with Crippen LogP contribution in [0.1, 0.15) is 22.5 Å². The summed E-state index contributed by atoms with van der Waals surface area (Å²) < 4.78 is 13.2. The summed E-state index contributed by atoms with van der Waals surface area (Å²) in [6, 6.07) is 1.34. The number of piperidine rings is 1. The van der Waals surface area contributed by atoms with E-state index in [1.54, 1.807) is 10.3 Å². The SMILES string of the molecule is O=C(c1sccc1F)N1CCC(Br)CC1. The van der Waals surface area contributed by atoms with Crippen LogP contribution in [0.5, 0.6) is 0 Å². The molecular weight excluding hydrogens is 281 g/mol. The van der Waals surface area contributed by atoms with Crippen LogP contribution in [-0.2, 0) is 0 Å². The number of hydrogen-bond donors (Lipinski definition) is 0. The van der Waals surface area contributed by atoms with Gasteiger partial charge in [0, 0.05) is 17.9 Å². The summed E-state index contributed by atoms with van der Waals surface area (Å²) in [5, 5.41) is 1.61. The maximum atomic E-state index is 13.2. The second-order valence-corrected chi connectivity index (χ2v) is 5.78. The Labute approximate surface area is 100 Å². The average Bonchev–Trinajstić information content (AvgIpc) is 2.65. The first-order valence-corrected chi connectivity index (χ1v) is 6.64. The minimum absolute atomic E-state index is 0.165. The van der Waals surface area contributed by atoms with Crippen LogP contribution in [0.2, 0.25) is 0 Å². The van der Waals surface area contributed by atoms with Crippen LogP contribution < -0.4 is 0 Å². The van der Waals surface area contributed by atoms with Gasteiger partial charge < -0.3 is 4.90 Å². The molecule has 1 amide bonds. The third-order valence-corrected chi connectivity index (χ3v) is 4.32. The van der Waals surface area contributed by atoms with Gasteiger partial charge in [0.05, 0.1) is 0 Å². The number of carbonyl (C=O) groups is 1. The maximum absolute atomic E-state index is 13.2. The van der Waals surface area contributed by atoms with Crippen LogP contribution in [0.4, 0.5) is 4.39 Å². The lowest BCUT2D eigenvalue weighted by Crippen LogP contribution is -2.38. The number of likely N-dealkylation sites (tertiary alicyclic amines) is 1. The molecule has 0 radical (unpaired) electrons. The Bertz CT molecular complexity index is 360. The van der Waals surface area contributed by atoms with Crippen LogP contribution in [-0.4, -0.2) is 28.7 Å². The van der Waals surface area contributed by atoms with Gasteiger partial charge in [-0.05, 0) is 24.3 Å². The van der Waals surface area contributed by atoms with Gasteiger partial charge in [0.2, 0.25) is 0 Å². The molecular formula is C10H11BrFNOS. The molecule has 2 rings (SSSR count). The number of rotatable bonds is 1. The van der Waals surface area contributed by atoms with Crippen molar-refractivity contribution < 1.29 is 9.18 Å². The number of carbonyl (C=O) groups excluding carboxylic acids is 1. The first kappa shape index (κ1) is 11.1. The number of alkyl halides is 1. The minimum atomic E-state index is -0.397. The summed E-state index contributed by atoms with van der Waals surface area (Å²) in [7, 11) is 0. The second kappa shape index (κ2) is 4.61. The quantitative estimate of drug-likeness (QED) is 0.729. The molecule has 0 aromatic carbocycles. The fourth-order valence-electron chi connectivity index (χ4n) is 1.64. The minimum Gasteiger partial charge on any atom is -0.338 e. The van der Waals surface area contributed by atoms with Crippen LogP contribution in [0.15, 0.2) is 11.4 Å². The third kappa shape index (κ3) is 2.39. The number of halogens is 2. The van der Waals surface area contributed by atoms with Crippen LogP contribution in [0.25, 0.3) is 0 Å². The Hall–Kier alpha value is -0.420. The first-order chi connectivity index (χ1) is 7.18. The van der Waals surface area contributed by atoms with Gasteiger partial charge in [-0.25, -0.2) is 4.39 Å². The molecule has 1 aromatic rings. The van der Waals surface area contributed by atoms with Gasteiger partial charge in [-0.3, -0.25) is 4.79 Å². The molecule has 0 bridgehead atoms. The molecule has 0 unspecified atom stereocenters. The summed E-state index contributed by atoms with van der Waals surface area (Å²) in [5.41, 5.74) is 0. The van der Waals surface area contributed by atoms with Gasteiger partial charge in [-0.15, -0.1) is 11.3 Å². The molecule has 0 saturated carbocycles. The Morgan fingerprint density at radius 3 is 2.73 bits per heavy atom. The fourth-order valence-corrected chi connectivity index (χ4v) is 2.78. The number of nitrogens with zero attached hydrogens (tertiary/aromatic N) is 1. The molecule has 15 heavy (non-hydrogen) atoms. The van der Waals surface area contributed by atoms with E-state index in [0.29, 0.717) is 17.9 Å². The molecule has 1 aliphatic heterocycles. The Morgan fingerprint density at radius 1 is 1.53 bits per heavy atom. The molecule has 2 nitrogen and oxygen atoms in total. The highest BCUT2D eigenvalue weighted by molar-refractivity contribution is 9.09. The van der Waals surface area contributed by atoms with E-state index in [2.05, 4.69) is 15.9 Å². The summed E-state index contributed by atoms with van der Waals surface area (Å²) >= 11 is 4.69. The monoisotopic (exact) mass is 291 g/mol. The maximum Gasteiger partial charge on any atom is 0.266 e. The lowest BCUT2D eigenvalue weighted by molar-refractivity contribution is 0.0729. The van der Waals surface area contributed by atoms with E-state index in [1.807, 2.05) is 0 Å². The van der Waals surface area contributed by atoms with Crippen molar-refractivity contribution in [2.75, 3.05) is 13.1 Å². The smallest absolute Gasteiger partial charge is 0.266 e. The van der Waals surface area contributed by atoms with Gasteiger partial charge >= 0.3 is 0 Å². The van der Waals surface area contributed by atoms with Crippen molar-refractivity contribution in [3.8, 4) is 0 Å². The summed E-state index contributed by atoms with van der Waals surface area (Å²) in [5.74, 6) is -0.562. The number of amides is 1. The van der Waals surface area contributed by atoms with Crippen molar-refractivity contribution >= 4 is 33.2 Å². The molecule has 0 spiro atoms. The van der Waals surface area contributed by atoms with Crippen LogP contribution in [0.3, 0.4) is 0 Å². The van der Waals surface area contributed by atoms with Crippen molar-refractivity contribution in [3.05, 3.63) is 22.1 Å². The largest absolute Gasteiger partial charge is 0.338 e. The molecule has 0 N–H and O–H groups in total. The van der Waals surface area contributed by atoms with E-state index < -0.39 is 5.82 Å². The normalized spacial score (nSPS) is 18.1. The van der Waals surface area contributed by atoms with Crippen molar-refractivity contribution in [1.82, 2.24) is 4.90 Å². The lowest BCUT2D eigenvalue weighted by atomic mass is 10.1. The standard InChI is InChI=1S/C10H11BrFNOS/c11-7-1-4-13(5-2-7)10(14)9-8(12)3-6-15-9/h3,6-7H,1-2,4-5H2. The predicted octanol–water partition coefficient (Wildman–Crippen LogP) is 2.89. The summed E-state index contributed by atoms with van der Waals surface area (Å²) in [4.78, 5) is 14.3.